The summed E-state index contributed by atoms with van der Waals surface area (Å²) in [5.41, 5.74) is 2.00. The lowest BCUT2D eigenvalue weighted by molar-refractivity contribution is 0.475. The van der Waals surface area contributed by atoms with E-state index in [4.69, 9.17) is 0 Å². The van der Waals surface area contributed by atoms with Crippen molar-refractivity contribution in [3.8, 4) is 5.75 Å². The molecule has 116 valence electrons. The van der Waals surface area contributed by atoms with Crippen molar-refractivity contribution in [3.05, 3.63) is 36.0 Å². The van der Waals surface area contributed by atoms with Gasteiger partial charge in [-0.1, -0.05) is 6.92 Å². The quantitative estimate of drug-likeness (QED) is 0.703. The van der Waals surface area contributed by atoms with Crippen molar-refractivity contribution in [1.29, 1.82) is 0 Å². The normalized spacial score (nSPS) is 15.4. The van der Waals surface area contributed by atoms with E-state index in [2.05, 4.69) is 34.4 Å². The maximum atomic E-state index is 9.35. The van der Waals surface area contributed by atoms with Crippen molar-refractivity contribution in [2.24, 2.45) is 0 Å². The zero-order valence-electron chi connectivity index (χ0n) is 13.0. The van der Waals surface area contributed by atoms with Gasteiger partial charge in [0.1, 0.15) is 11.6 Å². The summed E-state index contributed by atoms with van der Waals surface area (Å²) in [7, 11) is 0. The smallest absolute Gasteiger partial charge is 0.225 e. The van der Waals surface area contributed by atoms with Crippen LogP contribution in [0.2, 0.25) is 0 Å². The molecule has 0 bridgehead atoms. The average Bonchev–Trinajstić information content (AvgIpc) is 3.34. The molecule has 1 atom stereocenters. The van der Waals surface area contributed by atoms with E-state index < -0.39 is 0 Å². The minimum atomic E-state index is 0.256. The number of nitrogens with one attached hydrogen (secondary N) is 2. The van der Waals surface area contributed by atoms with Gasteiger partial charge in [-0.2, -0.15) is 4.98 Å². The number of hydrogen-bond donors (Lipinski definition) is 3. The van der Waals surface area contributed by atoms with E-state index in [-0.39, 0.29) is 5.75 Å². The Bertz CT molecular complexity index is 638. The fraction of sp³-hybridized carbons (Fsp3) is 0.412. The Labute approximate surface area is 130 Å². The number of phenols is 1. The van der Waals surface area contributed by atoms with Gasteiger partial charge < -0.3 is 15.7 Å². The van der Waals surface area contributed by atoms with E-state index in [1.165, 1.54) is 12.8 Å². The van der Waals surface area contributed by atoms with Gasteiger partial charge in [0.2, 0.25) is 5.95 Å². The van der Waals surface area contributed by atoms with Crippen LogP contribution in [0.4, 0.5) is 17.5 Å². The van der Waals surface area contributed by atoms with E-state index in [1.54, 1.807) is 12.1 Å². The second kappa shape index (κ2) is 6.22. The molecule has 1 aromatic carbocycles. The Balaban J connectivity index is 1.83. The van der Waals surface area contributed by atoms with Crippen molar-refractivity contribution in [1.82, 2.24) is 9.97 Å². The number of anilines is 3. The number of aromatic hydroxyl groups is 1. The summed E-state index contributed by atoms with van der Waals surface area (Å²) in [6, 6.07) is 9.34. The first kappa shape index (κ1) is 14.6. The van der Waals surface area contributed by atoms with Gasteiger partial charge in [0, 0.05) is 23.7 Å². The first-order valence-corrected chi connectivity index (χ1v) is 7.85. The molecule has 0 radical (unpaired) electrons. The number of nitrogens with zero attached hydrogens (tertiary/aromatic N) is 2. The summed E-state index contributed by atoms with van der Waals surface area (Å²) in [5.74, 6) is 2.29. The number of rotatable bonds is 6. The highest BCUT2D eigenvalue weighted by molar-refractivity contribution is 5.58. The molecule has 0 spiro atoms. The van der Waals surface area contributed by atoms with Crippen LogP contribution in [0.3, 0.4) is 0 Å². The molecule has 5 nitrogen and oxygen atoms in total. The molecular weight excluding hydrogens is 276 g/mol. The van der Waals surface area contributed by atoms with E-state index in [1.807, 2.05) is 18.2 Å². The molecular formula is C17H22N4O. The molecule has 2 aromatic rings. The van der Waals surface area contributed by atoms with Crippen molar-refractivity contribution < 1.29 is 5.11 Å². The molecule has 0 unspecified atom stereocenters. The van der Waals surface area contributed by atoms with Gasteiger partial charge in [0.25, 0.3) is 0 Å². The first-order chi connectivity index (χ1) is 10.6. The van der Waals surface area contributed by atoms with Crippen LogP contribution in [0.15, 0.2) is 30.3 Å². The van der Waals surface area contributed by atoms with Crippen molar-refractivity contribution in [2.45, 2.75) is 45.1 Å². The van der Waals surface area contributed by atoms with Crippen LogP contribution in [0.1, 0.15) is 44.7 Å². The Morgan fingerprint density at radius 3 is 2.59 bits per heavy atom. The maximum Gasteiger partial charge on any atom is 0.225 e. The van der Waals surface area contributed by atoms with Gasteiger partial charge in [0.15, 0.2) is 0 Å². The van der Waals surface area contributed by atoms with Gasteiger partial charge >= 0.3 is 0 Å². The van der Waals surface area contributed by atoms with Crippen molar-refractivity contribution in [2.75, 3.05) is 10.6 Å². The molecule has 1 saturated carbocycles. The topological polar surface area (TPSA) is 70.1 Å². The van der Waals surface area contributed by atoms with Crippen LogP contribution in [0.25, 0.3) is 0 Å². The summed E-state index contributed by atoms with van der Waals surface area (Å²) >= 11 is 0. The number of aromatic nitrogens is 2. The number of phenolic OH excluding ortho intramolecular Hbond substituents is 1. The molecule has 0 saturated heterocycles. The molecule has 1 fully saturated rings. The van der Waals surface area contributed by atoms with Crippen molar-refractivity contribution in [3.63, 3.8) is 0 Å². The zero-order chi connectivity index (χ0) is 15.5. The molecule has 22 heavy (non-hydrogen) atoms. The highest BCUT2D eigenvalue weighted by Crippen LogP contribution is 2.40. The molecule has 1 heterocycles. The Hall–Kier alpha value is -2.30. The van der Waals surface area contributed by atoms with E-state index in [0.717, 1.165) is 23.6 Å². The molecule has 1 aliphatic rings. The maximum absolute atomic E-state index is 9.35. The molecule has 1 aromatic heterocycles. The minimum absolute atomic E-state index is 0.256. The van der Waals surface area contributed by atoms with E-state index in [9.17, 15) is 5.11 Å². The lowest BCUT2D eigenvalue weighted by atomic mass is 10.2. The average molecular weight is 298 g/mol. The predicted octanol–water partition coefficient (Wildman–Crippen LogP) is 4.01. The highest BCUT2D eigenvalue weighted by atomic mass is 16.3. The molecule has 3 rings (SSSR count). The highest BCUT2D eigenvalue weighted by Gasteiger charge is 2.26. The van der Waals surface area contributed by atoms with Gasteiger partial charge in [-0.25, -0.2) is 4.98 Å². The summed E-state index contributed by atoms with van der Waals surface area (Å²) < 4.78 is 0. The summed E-state index contributed by atoms with van der Waals surface area (Å²) in [6.45, 7) is 4.26. The summed E-state index contributed by atoms with van der Waals surface area (Å²) in [4.78, 5) is 9.19. The predicted molar refractivity (Wildman–Crippen MR) is 88.8 cm³/mol. The lowest BCUT2D eigenvalue weighted by Gasteiger charge is -2.14. The van der Waals surface area contributed by atoms with Crippen LogP contribution in [-0.4, -0.2) is 21.1 Å². The Kier molecular flexibility index (Phi) is 4.13. The third kappa shape index (κ3) is 3.67. The largest absolute Gasteiger partial charge is 0.508 e. The van der Waals surface area contributed by atoms with Crippen LogP contribution in [0, 0.1) is 0 Å². The van der Waals surface area contributed by atoms with Crippen molar-refractivity contribution >= 4 is 17.5 Å². The molecule has 5 heteroatoms. The SMILES string of the molecule is CC[C@@H](C)Nc1nc(Nc2ccc(O)cc2)cc(C2CC2)n1. The lowest BCUT2D eigenvalue weighted by Crippen LogP contribution is -2.16. The van der Waals surface area contributed by atoms with Gasteiger partial charge in [-0.15, -0.1) is 0 Å². The van der Waals surface area contributed by atoms with Crippen LogP contribution < -0.4 is 10.6 Å². The van der Waals surface area contributed by atoms with Crippen LogP contribution in [-0.2, 0) is 0 Å². The first-order valence-electron chi connectivity index (χ1n) is 7.85. The Morgan fingerprint density at radius 2 is 1.95 bits per heavy atom. The second-order valence-electron chi connectivity index (χ2n) is 5.90. The minimum Gasteiger partial charge on any atom is -0.508 e. The number of benzene rings is 1. The molecule has 1 aliphatic carbocycles. The standard InChI is InChI=1S/C17H22N4O/c1-3-11(2)18-17-20-15(12-4-5-12)10-16(21-17)19-13-6-8-14(22)9-7-13/h6-12,22H,3-5H2,1-2H3,(H2,18,19,20,21)/t11-/m1/s1. The molecule has 3 N–H and O–H groups in total. The fourth-order valence-electron chi connectivity index (χ4n) is 2.20. The van der Waals surface area contributed by atoms with Crippen LogP contribution >= 0.6 is 0 Å². The van der Waals surface area contributed by atoms with E-state index >= 15 is 0 Å². The zero-order valence-corrected chi connectivity index (χ0v) is 13.0. The molecule has 0 amide bonds. The van der Waals surface area contributed by atoms with E-state index in [0.29, 0.717) is 17.9 Å². The summed E-state index contributed by atoms with van der Waals surface area (Å²) in [5, 5.41) is 16.0. The Morgan fingerprint density at radius 1 is 1.23 bits per heavy atom. The number of hydrogen-bond acceptors (Lipinski definition) is 5. The van der Waals surface area contributed by atoms with Gasteiger partial charge in [-0.05, 0) is 50.5 Å². The van der Waals surface area contributed by atoms with Gasteiger partial charge in [-0.3, -0.25) is 0 Å². The summed E-state index contributed by atoms with van der Waals surface area (Å²) in [6.07, 6.45) is 3.44. The van der Waals surface area contributed by atoms with Gasteiger partial charge in [0.05, 0.1) is 5.69 Å². The third-order valence-corrected chi connectivity index (χ3v) is 3.87. The molecule has 0 aliphatic heterocycles. The monoisotopic (exact) mass is 298 g/mol. The fourth-order valence-corrected chi connectivity index (χ4v) is 2.20. The second-order valence-corrected chi connectivity index (χ2v) is 5.90. The third-order valence-electron chi connectivity index (χ3n) is 3.87. The van der Waals surface area contributed by atoms with Crippen LogP contribution in [0.5, 0.6) is 5.75 Å².